The second-order valence-corrected chi connectivity index (χ2v) is 5.15. The van der Waals surface area contributed by atoms with Crippen molar-refractivity contribution >= 4 is 44.9 Å². The third-order valence-corrected chi connectivity index (χ3v) is 4.05. The molecule has 0 aliphatic heterocycles. The van der Waals surface area contributed by atoms with Gasteiger partial charge in [-0.25, -0.2) is 0 Å². The molecule has 0 spiro atoms. The molecule has 0 aliphatic rings. The number of hydrogen-bond acceptors (Lipinski definition) is 6. The molecule has 0 saturated heterocycles. The van der Waals surface area contributed by atoms with Crippen molar-refractivity contribution in [1.29, 1.82) is 0 Å². The summed E-state index contributed by atoms with van der Waals surface area (Å²) < 4.78 is 1.10. The summed E-state index contributed by atoms with van der Waals surface area (Å²) in [4.78, 5) is 9.36. The number of nitrogens with zero attached hydrogens (tertiary/aromatic N) is 2. The number of aromatic nitrogens is 2. The number of thiophene rings is 1. The zero-order valence-corrected chi connectivity index (χ0v) is 11.6. The van der Waals surface area contributed by atoms with Crippen molar-refractivity contribution in [3.8, 4) is 0 Å². The molecular formula is C10H12BrN5S. The van der Waals surface area contributed by atoms with Crippen molar-refractivity contribution < 1.29 is 0 Å². The molecule has 0 amide bonds. The van der Waals surface area contributed by atoms with Crippen LogP contribution in [0, 0.1) is 0 Å². The van der Waals surface area contributed by atoms with Crippen LogP contribution in [0.25, 0.3) is 0 Å². The Morgan fingerprint density at radius 2 is 2.18 bits per heavy atom. The molecule has 0 bridgehead atoms. The van der Waals surface area contributed by atoms with Gasteiger partial charge in [0.2, 0.25) is 5.95 Å². The van der Waals surface area contributed by atoms with Crippen LogP contribution < -0.4 is 16.4 Å². The molecule has 7 heteroatoms. The Hall–Kier alpha value is -1.34. The van der Waals surface area contributed by atoms with Gasteiger partial charge in [0, 0.05) is 22.5 Å². The van der Waals surface area contributed by atoms with E-state index in [2.05, 4.69) is 36.5 Å². The predicted octanol–water partition coefficient (Wildman–Crippen LogP) is 2.54. The van der Waals surface area contributed by atoms with Crippen molar-refractivity contribution in [3.05, 3.63) is 26.9 Å². The van der Waals surface area contributed by atoms with Gasteiger partial charge in [0.1, 0.15) is 11.6 Å². The zero-order valence-electron chi connectivity index (χ0n) is 9.20. The number of nitrogen functional groups attached to an aromatic ring is 1. The van der Waals surface area contributed by atoms with Gasteiger partial charge < -0.3 is 16.4 Å². The molecule has 0 aliphatic carbocycles. The molecule has 90 valence electrons. The lowest BCUT2D eigenvalue weighted by atomic mass is 10.4. The molecular weight excluding hydrogens is 302 g/mol. The number of halogens is 1. The molecule has 2 aromatic rings. The molecule has 5 nitrogen and oxygen atoms in total. The summed E-state index contributed by atoms with van der Waals surface area (Å²) >= 11 is 5.17. The monoisotopic (exact) mass is 313 g/mol. The SMILES string of the molecule is CNc1cc(NCc2sccc2Br)nc(N)n1. The van der Waals surface area contributed by atoms with Crippen LogP contribution in [0.1, 0.15) is 4.88 Å². The van der Waals surface area contributed by atoms with Crippen LogP contribution in [0.5, 0.6) is 0 Å². The maximum atomic E-state index is 5.60. The Labute approximate surface area is 112 Å². The maximum absolute atomic E-state index is 5.60. The zero-order chi connectivity index (χ0) is 12.3. The molecule has 2 rings (SSSR count). The van der Waals surface area contributed by atoms with Gasteiger partial charge in [-0.3, -0.25) is 0 Å². The van der Waals surface area contributed by atoms with Crippen molar-refractivity contribution in [3.63, 3.8) is 0 Å². The summed E-state index contributed by atoms with van der Waals surface area (Å²) in [5.74, 6) is 1.66. The van der Waals surface area contributed by atoms with Crippen LogP contribution in [0.3, 0.4) is 0 Å². The number of rotatable bonds is 4. The lowest BCUT2D eigenvalue weighted by Gasteiger charge is -2.07. The number of hydrogen-bond donors (Lipinski definition) is 3. The van der Waals surface area contributed by atoms with Crippen molar-refractivity contribution in [2.75, 3.05) is 23.4 Å². The van der Waals surface area contributed by atoms with Gasteiger partial charge in [-0.05, 0) is 27.4 Å². The summed E-state index contributed by atoms with van der Waals surface area (Å²) in [6, 6.07) is 3.84. The molecule has 0 unspecified atom stereocenters. The van der Waals surface area contributed by atoms with Gasteiger partial charge in [-0.15, -0.1) is 11.3 Å². The van der Waals surface area contributed by atoms with E-state index in [0.717, 1.165) is 4.47 Å². The Balaban J connectivity index is 2.09. The van der Waals surface area contributed by atoms with E-state index in [1.165, 1.54) is 4.88 Å². The summed E-state index contributed by atoms with van der Waals surface area (Å²) in [5.41, 5.74) is 5.60. The molecule has 17 heavy (non-hydrogen) atoms. The van der Waals surface area contributed by atoms with Crippen molar-refractivity contribution in [2.45, 2.75) is 6.54 Å². The fraction of sp³-hybridized carbons (Fsp3) is 0.200. The first-order valence-corrected chi connectivity index (χ1v) is 6.64. The van der Waals surface area contributed by atoms with E-state index in [9.17, 15) is 0 Å². The first-order chi connectivity index (χ1) is 8.19. The van der Waals surface area contributed by atoms with Crippen LogP contribution in [-0.2, 0) is 6.54 Å². The number of nitrogens with two attached hydrogens (primary N) is 1. The normalized spacial score (nSPS) is 10.2. The van der Waals surface area contributed by atoms with E-state index >= 15 is 0 Å². The topological polar surface area (TPSA) is 75.9 Å². The highest BCUT2D eigenvalue weighted by Crippen LogP contribution is 2.23. The number of anilines is 3. The van der Waals surface area contributed by atoms with Gasteiger partial charge >= 0.3 is 0 Å². The van der Waals surface area contributed by atoms with Crippen LogP contribution in [-0.4, -0.2) is 17.0 Å². The fourth-order valence-corrected chi connectivity index (χ4v) is 2.74. The fourth-order valence-electron chi connectivity index (χ4n) is 1.31. The highest BCUT2D eigenvalue weighted by Gasteiger charge is 2.04. The maximum Gasteiger partial charge on any atom is 0.223 e. The molecule has 4 N–H and O–H groups in total. The van der Waals surface area contributed by atoms with E-state index in [4.69, 9.17) is 5.73 Å². The predicted molar refractivity (Wildman–Crippen MR) is 75.3 cm³/mol. The average molecular weight is 314 g/mol. The van der Waals surface area contributed by atoms with Crippen LogP contribution in [0.2, 0.25) is 0 Å². The van der Waals surface area contributed by atoms with Crippen LogP contribution in [0.4, 0.5) is 17.6 Å². The van der Waals surface area contributed by atoms with Crippen LogP contribution in [0.15, 0.2) is 22.0 Å². The van der Waals surface area contributed by atoms with Gasteiger partial charge in [0.15, 0.2) is 0 Å². The first-order valence-electron chi connectivity index (χ1n) is 4.97. The molecule has 2 heterocycles. The third-order valence-electron chi connectivity index (χ3n) is 2.12. The van der Waals surface area contributed by atoms with E-state index < -0.39 is 0 Å². The second kappa shape index (κ2) is 5.33. The third kappa shape index (κ3) is 3.07. The smallest absolute Gasteiger partial charge is 0.223 e. The lowest BCUT2D eigenvalue weighted by Crippen LogP contribution is -2.05. The molecule has 0 aromatic carbocycles. The van der Waals surface area contributed by atoms with Gasteiger partial charge in [0.05, 0.1) is 6.54 Å². The van der Waals surface area contributed by atoms with Gasteiger partial charge in [-0.2, -0.15) is 9.97 Å². The van der Waals surface area contributed by atoms with Gasteiger partial charge in [-0.1, -0.05) is 0 Å². The summed E-state index contributed by atoms with van der Waals surface area (Å²) in [5, 5.41) is 8.18. The standard InChI is InChI=1S/C10H12BrN5S/c1-13-8-4-9(16-10(12)15-8)14-5-7-6(11)2-3-17-7/h2-4H,5H2,1H3,(H4,12,13,14,15,16). The van der Waals surface area contributed by atoms with Crippen LogP contribution >= 0.6 is 27.3 Å². The molecule has 0 fully saturated rings. The molecule has 2 aromatic heterocycles. The highest BCUT2D eigenvalue weighted by atomic mass is 79.9. The quantitative estimate of drug-likeness (QED) is 0.808. The van der Waals surface area contributed by atoms with Gasteiger partial charge in [0.25, 0.3) is 0 Å². The van der Waals surface area contributed by atoms with Crippen molar-refractivity contribution in [1.82, 2.24) is 9.97 Å². The number of nitrogens with one attached hydrogen (secondary N) is 2. The van der Waals surface area contributed by atoms with E-state index in [1.807, 2.05) is 17.5 Å². The minimum absolute atomic E-state index is 0.254. The molecule has 0 saturated carbocycles. The minimum Gasteiger partial charge on any atom is -0.373 e. The summed E-state index contributed by atoms with van der Waals surface area (Å²) in [6.45, 7) is 0.706. The Morgan fingerprint density at radius 3 is 2.82 bits per heavy atom. The highest BCUT2D eigenvalue weighted by molar-refractivity contribution is 9.10. The lowest BCUT2D eigenvalue weighted by molar-refractivity contribution is 1.10. The minimum atomic E-state index is 0.254. The van der Waals surface area contributed by atoms with Crippen molar-refractivity contribution in [2.24, 2.45) is 0 Å². The average Bonchev–Trinajstić information content (AvgIpc) is 2.71. The summed E-state index contributed by atoms with van der Waals surface area (Å²) in [7, 11) is 1.79. The first kappa shape index (κ1) is 12.1. The van der Waals surface area contributed by atoms with E-state index in [-0.39, 0.29) is 5.95 Å². The Kier molecular flexibility index (Phi) is 3.80. The molecule has 0 radical (unpaired) electrons. The molecule has 0 atom stereocenters. The Morgan fingerprint density at radius 1 is 1.41 bits per heavy atom. The second-order valence-electron chi connectivity index (χ2n) is 3.29. The van der Waals surface area contributed by atoms with E-state index in [0.29, 0.717) is 18.2 Å². The Bertz CT molecular complexity index is 513. The largest absolute Gasteiger partial charge is 0.373 e. The van der Waals surface area contributed by atoms with E-state index in [1.54, 1.807) is 18.4 Å². The summed E-state index contributed by atoms with van der Waals surface area (Å²) in [6.07, 6.45) is 0.